The Kier molecular flexibility index (Phi) is 3.90. The fourth-order valence-corrected chi connectivity index (χ4v) is 3.19. The van der Waals surface area contributed by atoms with Crippen LogP contribution >= 0.6 is 11.3 Å². The molecular weight excluding hydrogens is 290 g/mol. The van der Waals surface area contributed by atoms with Gasteiger partial charge in [-0.2, -0.15) is 5.26 Å². The van der Waals surface area contributed by atoms with Crippen molar-refractivity contribution in [1.82, 2.24) is 4.98 Å². The van der Waals surface area contributed by atoms with Gasteiger partial charge >= 0.3 is 0 Å². The summed E-state index contributed by atoms with van der Waals surface area (Å²) in [5.41, 5.74) is 4.84. The molecule has 0 saturated carbocycles. The zero-order chi connectivity index (χ0) is 15.5. The summed E-state index contributed by atoms with van der Waals surface area (Å²) in [4.78, 5) is 4.52. The molecule has 0 saturated heterocycles. The third-order valence-electron chi connectivity index (χ3n) is 3.40. The van der Waals surface area contributed by atoms with Gasteiger partial charge in [0.05, 0.1) is 10.2 Å². The molecule has 22 heavy (non-hydrogen) atoms. The molecule has 1 N–H and O–H groups in total. The fourth-order valence-electron chi connectivity index (χ4n) is 2.25. The Balaban J connectivity index is 1.91. The maximum atomic E-state index is 9.40. The average molecular weight is 305 g/mol. The van der Waals surface area contributed by atoms with Crippen molar-refractivity contribution in [2.75, 3.05) is 5.32 Å². The number of hydrogen-bond acceptors (Lipinski definition) is 4. The van der Waals surface area contributed by atoms with Gasteiger partial charge < -0.3 is 5.32 Å². The monoisotopic (exact) mass is 305 g/mol. The number of aryl methyl sites for hydroxylation is 2. The van der Waals surface area contributed by atoms with E-state index in [-0.39, 0.29) is 0 Å². The zero-order valence-corrected chi connectivity index (χ0v) is 13.2. The molecule has 0 aliphatic heterocycles. The van der Waals surface area contributed by atoms with Crippen LogP contribution in [0, 0.1) is 25.2 Å². The molecule has 0 spiro atoms. The minimum Gasteiger partial charge on any atom is -0.360 e. The summed E-state index contributed by atoms with van der Waals surface area (Å²) in [6.45, 7) is 4.11. The highest BCUT2D eigenvalue weighted by Gasteiger charge is 2.08. The van der Waals surface area contributed by atoms with Crippen molar-refractivity contribution in [3.8, 4) is 6.07 Å². The Morgan fingerprint density at radius 3 is 2.77 bits per heavy atom. The van der Waals surface area contributed by atoms with Gasteiger partial charge in [0.15, 0.2) is 0 Å². The normalized spacial score (nSPS) is 11.4. The third-order valence-corrected chi connectivity index (χ3v) is 4.47. The Bertz CT molecular complexity index is 867. The Morgan fingerprint density at radius 1 is 1.23 bits per heavy atom. The first-order valence-electron chi connectivity index (χ1n) is 6.97. The van der Waals surface area contributed by atoms with E-state index in [2.05, 4.69) is 29.4 Å². The van der Waals surface area contributed by atoms with Crippen LogP contribution in [-0.4, -0.2) is 4.98 Å². The summed E-state index contributed by atoms with van der Waals surface area (Å²) >= 11 is 1.53. The van der Waals surface area contributed by atoms with Gasteiger partial charge in [0, 0.05) is 11.9 Å². The van der Waals surface area contributed by atoms with Gasteiger partial charge in [-0.05, 0) is 37.6 Å². The summed E-state index contributed by atoms with van der Waals surface area (Å²) in [5.74, 6) is 0. The van der Waals surface area contributed by atoms with Gasteiger partial charge in [-0.15, -0.1) is 11.3 Å². The number of hydrogen-bond donors (Lipinski definition) is 1. The SMILES string of the molecule is Cc1ccc(N/C=C(\C#N)c2nc3ccccc3s2)c(C)c1. The first-order chi connectivity index (χ1) is 10.7. The number of nitriles is 1. The summed E-state index contributed by atoms with van der Waals surface area (Å²) in [6.07, 6.45) is 1.73. The van der Waals surface area contributed by atoms with Crippen LogP contribution in [0.2, 0.25) is 0 Å². The Labute approximate surface area is 133 Å². The highest BCUT2D eigenvalue weighted by atomic mass is 32.1. The zero-order valence-electron chi connectivity index (χ0n) is 12.4. The highest BCUT2D eigenvalue weighted by Crippen LogP contribution is 2.27. The van der Waals surface area contributed by atoms with Gasteiger partial charge in [-0.25, -0.2) is 4.98 Å². The number of para-hydroxylation sites is 1. The minimum atomic E-state index is 0.543. The Hall–Kier alpha value is -2.64. The van der Waals surface area contributed by atoms with Gasteiger partial charge in [0.2, 0.25) is 0 Å². The maximum Gasteiger partial charge on any atom is 0.136 e. The lowest BCUT2D eigenvalue weighted by atomic mass is 10.1. The second-order valence-corrected chi connectivity index (χ2v) is 6.15. The van der Waals surface area contributed by atoms with Crippen LogP contribution in [0.3, 0.4) is 0 Å². The van der Waals surface area contributed by atoms with E-state index in [1.54, 1.807) is 6.20 Å². The van der Waals surface area contributed by atoms with E-state index < -0.39 is 0 Å². The molecule has 0 atom stereocenters. The molecule has 0 radical (unpaired) electrons. The van der Waals surface area contributed by atoms with Gasteiger partial charge in [0.25, 0.3) is 0 Å². The van der Waals surface area contributed by atoms with Crippen molar-refractivity contribution in [3.63, 3.8) is 0 Å². The minimum absolute atomic E-state index is 0.543. The van der Waals surface area contributed by atoms with E-state index in [1.807, 2.05) is 43.3 Å². The third kappa shape index (κ3) is 2.85. The number of rotatable bonds is 3. The molecule has 0 fully saturated rings. The largest absolute Gasteiger partial charge is 0.360 e. The number of anilines is 1. The molecule has 108 valence electrons. The van der Waals surface area contributed by atoms with Gasteiger partial charge in [-0.1, -0.05) is 29.8 Å². The number of thiazole rings is 1. The van der Waals surface area contributed by atoms with Crippen molar-refractivity contribution in [2.45, 2.75) is 13.8 Å². The molecule has 4 heteroatoms. The van der Waals surface area contributed by atoms with E-state index in [0.29, 0.717) is 5.57 Å². The number of benzene rings is 2. The second kappa shape index (κ2) is 6.00. The first-order valence-corrected chi connectivity index (χ1v) is 7.79. The molecule has 0 aliphatic carbocycles. The van der Waals surface area contributed by atoms with Crippen molar-refractivity contribution in [1.29, 1.82) is 5.26 Å². The molecule has 0 bridgehead atoms. The lowest BCUT2D eigenvalue weighted by molar-refractivity contribution is 1.37. The molecular formula is C18H15N3S. The van der Waals surface area contributed by atoms with Crippen LogP contribution in [0.4, 0.5) is 5.69 Å². The van der Waals surface area contributed by atoms with E-state index in [0.717, 1.165) is 26.5 Å². The number of nitrogens with one attached hydrogen (secondary N) is 1. The van der Waals surface area contributed by atoms with Gasteiger partial charge in [0.1, 0.15) is 16.6 Å². The van der Waals surface area contributed by atoms with Crippen LogP contribution in [-0.2, 0) is 0 Å². The summed E-state index contributed by atoms with van der Waals surface area (Å²) in [7, 11) is 0. The molecule has 0 unspecified atom stereocenters. The average Bonchev–Trinajstić information content (AvgIpc) is 2.93. The summed E-state index contributed by atoms with van der Waals surface area (Å²) < 4.78 is 1.09. The fraction of sp³-hybridized carbons (Fsp3) is 0.111. The molecule has 3 rings (SSSR count). The first kappa shape index (κ1) is 14.3. The number of allylic oxidation sites excluding steroid dienone is 1. The van der Waals surface area contributed by atoms with Crippen molar-refractivity contribution in [2.24, 2.45) is 0 Å². The van der Waals surface area contributed by atoms with E-state index >= 15 is 0 Å². The quantitative estimate of drug-likeness (QED) is 0.701. The smallest absolute Gasteiger partial charge is 0.136 e. The van der Waals surface area contributed by atoms with Crippen molar-refractivity contribution < 1.29 is 0 Å². The molecule has 0 amide bonds. The Morgan fingerprint density at radius 2 is 2.05 bits per heavy atom. The lowest BCUT2D eigenvalue weighted by Gasteiger charge is -2.06. The number of nitrogens with zero attached hydrogens (tertiary/aromatic N) is 2. The molecule has 3 aromatic rings. The molecule has 1 heterocycles. The second-order valence-electron chi connectivity index (χ2n) is 5.12. The highest BCUT2D eigenvalue weighted by molar-refractivity contribution is 7.19. The molecule has 2 aromatic carbocycles. The predicted octanol–water partition coefficient (Wildman–Crippen LogP) is 4.89. The van der Waals surface area contributed by atoms with Crippen LogP contribution < -0.4 is 5.32 Å². The summed E-state index contributed by atoms with van der Waals surface area (Å²) in [5, 5.41) is 13.4. The number of fused-ring (bicyclic) bond motifs is 1. The van der Waals surface area contributed by atoms with Crippen LogP contribution in [0.15, 0.2) is 48.7 Å². The van der Waals surface area contributed by atoms with Crippen molar-refractivity contribution in [3.05, 3.63) is 64.8 Å². The van der Waals surface area contributed by atoms with E-state index in [9.17, 15) is 5.26 Å². The van der Waals surface area contributed by atoms with E-state index in [1.165, 1.54) is 16.9 Å². The molecule has 1 aromatic heterocycles. The molecule has 3 nitrogen and oxygen atoms in total. The van der Waals surface area contributed by atoms with Crippen LogP contribution in [0.5, 0.6) is 0 Å². The van der Waals surface area contributed by atoms with Crippen molar-refractivity contribution >= 4 is 32.8 Å². The maximum absolute atomic E-state index is 9.40. The predicted molar refractivity (Wildman–Crippen MR) is 92.7 cm³/mol. The number of aromatic nitrogens is 1. The topological polar surface area (TPSA) is 48.7 Å². The lowest BCUT2D eigenvalue weighted by Crippen LogP contribution is -1.93. The standard InChI is InChI=1S/C18H15N3S/c1-12-7-8-15(13(2)9-12)20-11-14(10-19)18-21-16-5-3-4-6-17(16)22-18/h3-9,11,20H,1-2H3/b14-11+. The van der Waals surface area contributed by atoms with Crippen LogP contribution in [0.25, 0.3) is 15.8 Å². The summed E-state index contributed by atoms with van der Waals surface area (Å²) in [6, 6.07) is 16.3. The molecule has 0 aliphatic rings. The van der Waals surface area contributed by atoms with E-state index in [4.69, 9.17) is 0 Å². The van der Waals surface area contributed by atoms with Gasteiger partial charge in [-0.3, -0.25) is 0 Å². The van der Waals surface area contributed by atoms with Crippen LogP contribution in [0.1, 0.15) is 16.1 Å².